The monoisotopic (exact) mass is 350 g/mol. The Balaban J connectivity index is 1.75. The van der Waals surface area contributed by atoms with Crippen LogP contribution in [-0.2, 0) is 18.9 Å². The predicted octanol–water partition coefficient (Wildman–Crippen LogP) is 2.22. The molecule has 0 aromatic carbocycles. The summed E-state index contributed by atoms with van der Waals surface area (Å²) in [6, 6.07) is 0. The summed E-state index contributed by atoms with van der Waals surface area (Å²) in [5.74, 6) is 0.877. The number of hydrogen-bond donors (Lipinski definition) is 1. The van der Waals surface area contributed by atoms with Crippen LogP contribution in [0.3, 0.4) is 0 Å². The van der Waals surface area contributed by atoms with Gasteiger partial charge in [-0.05, 0) is 45.6 Å². The molecule has 3 saturated heterocycles. The van der Waals surface area contributed by atoms with Crippen molar-refractivity contribution in [2.75, 3.05) is 18.1 Å². The van der Waals surface area contributed by atoms with Crippen LogP contribution in [0, 0.1) is 0 Å². The van der Waals surface area contributed by atoms with E-state index in [0.717, 1.165) is 11.5 Å². The topological polar surface area (TPSA) is 57.2 Å². The van der Waals surface area contributed by atoms with Gasteiger partial charge in [-0.3, -0.25) is 0 Å². The number of hydrogen-bond acceptors (Lipinski definition) is 7. The summed E-state index contributed by atoms with van der Waals surface area (Å²) in [6.07, 6.45) is -0.450. The van der Waals surface area contributed by atoms with Crippen molar-refractivity contribution in [3.05, 3.63) is 0 Å². The minimum atomic E-state index is -0.733. The molecule has 128 valence electrons. The SMILES string of the molecule is CC1(C)O[C@@H]([C@H]2COC(C)(C)O2)[C@@H](O)[C@@H](C2SCCCS2)O1. The molecule has 3 rings (SSSR count). The van der Waals surface area contributed by atoms with E-state index in [1.54, 1.807) is 0 Å². The average Bonchev–Trinajstić information content (AvgIpc) is 2.82. The van der Waals surface area contributed by atoms with Gasteiger partial charge in [0.05, 0.1) is 11.2 Å². The Hall–Kier alpha value is 0.500. The highest BCUT2D eigenvalue weighted by atomic mass is 32.2. The highest BCUT2D eigenvalue weighted by Gasteiger charge is 2.52. The minimum Gasteiger partial charge on any atom is -0.388 e. The van der Waals surface area contributed by atoms with Crippen molar-refractivity contribution in [2.24, 2.45) is 0 Å². The molecule has 3 fully saturated rings. The lowest BCUT2D eigenvalue weighted by Gasteiger charge is -2.47. The Kier molecular flexibility index (Phi) is 5.06. The molecule has 3 aliphatic heterocycles. The van der Waals surface area contributed by atoms with Gasteiger partial charge in [0.25, 0.3) is 0 Å². The standard InChI is InChI=1S/C15H26O5S2/c1-14(2)17-8-9(18-14)11-10(16)12(20-15(3,4)19-11)13-21-6-5-7-22-13/h9-13,16H,5-8H2,1-4H3/t9-,10-,11+,12+/m1/s1. The summed E-state index contributed by atoms with van der Waals surface area (Å²) in [7, 11) is 0. The Morgan fingerprint density at radius 1 is 0.909 bits per heavy atom. The van der Waals surface area contributed by atoms with Gasteiger partial charge in [-0.15, -0.1) is 23.5 Å². The highest BCUT2D eigenvalue weighted by molar-refractivity contribution is 8.17. The minimum absolute atomic E-state index is 0.241. The van der Waals surface area contributed by atoms with Gasteiger partial charge in [-0.1, -0.05) is 0 Å². The van der Waals surface area contributed by atoms with Crippen molar-refractivity contribution in [3.63, 3.8) is 0 Å². The maximum Gasteiger partial charge on any atom is 0.163 e. The Bertz CT molecular complexity index is 397. The molecule has 0 bridgehead atoms. The van der Waals surface area contributed by atoms with Crippen LogP contribution < -0.4 is 0 Å². The first kappa shape index (κ1) is 17.3. The fourth-order valence-electron chi connectivity index (χ4n) is 3.09. The smallest absolute Gasteiger partial charge is 0.163 e. The number of aliphatic hydroxyl groups excluding tert-OH is 1. The lowest BCUT2D eigenvalue weighted by Crippen LogP contribution is -2.61. The van der Waals surface area contributed by atoms with E-state index in [4.69, 9.17) is 18.9 Å². The molecular formula is C15H26O5S2. The predicted molar refractivity (Wildman–Crippen MR) is 88.1 cm³/mol. The van der Waals surface area contributed by atoms with Crippen LogP contribution in [-0.4, -0.2) is 63.8 Å². The quantitative estimate of drug-likeness (QED) is 0.819. The third kappa shape index (κ3) is 3.77. The summed E-state index contributed by atoms with van der Waals surface area (Å²) in [5, 5.41) is 10.8. The lowest BCUT2D eigenvalue weighted by atomic mass is 10.0. The maximum atomic E-state index is 10.8. The maximum absolute atomic E-state index is 10.8. The molecule has 0 aliphatic carbocycles. The summed E-state index contributed by atoms with van der Waals surface area (Å²) in [4.78, 5) is 0. The lowest BCUT2D eigenvalue weighted by molar-refractivity contribution is -0.343. The van der Waals surface area contributed by atoms with E-state index < -0.39 is 23.8 Å². The normalized spacial score (nSPS) is 42.4. The summed E-state index contributed by atoms with van der Waals surface area (Å²) >= 11 is 3.74. The number of ether oxygens (including phenoxy) is 4. The van der Waals surface area contributed by atoms with E-state index in [9.17, 15) is 5.11 Å². The van der Waals surface area contributed by atoms with Crippen LogP contribution >= 0.6 is 23.5 Å². The van der Waals surface area contributed by atoms with Crippen molar-refractivity contribution in [3.8, 4) is 0 Å². The second-order valence-electron chi connectivity index (χ2n) is 6.89. The second-order valence-corrected chi connectivity index (χ2v) is 9.68. The molecule has 5 nitrogen and oxygen atoms in total. The van der Waals surface area contributed by atoms with Crippen LogP contribution in [0.2, 0.25) is 0 Å². The largest absolute Gasteiger partial charge is 0.388 e. The summed E-state index contributed by atoms with van der Waals surface area (Å²) < 4.78 is 23.8. The van der Waals surface area contributed by atoms with E-state index in [2.05, 4.69) is 0 Å². The zero-order valence-electron chi connectivity index (χ0n) is 13.6. The van der Waals surface area contributed by atoms with Crippen molar-refractivity contribution in [1.29, 1.82) is 0 Å². The molecule has 0 spiro atoms. The summed E-state index contributed by atoms with van der Waals surface area (Å²) in [6.45, 7) is 8.00. The van der Waals surface area contributed by atoms with Crippen molar-refractivity contribution >= 4 is 23.5 Å². The fraction of sp³-hybridized carbons (Fsp3) is 1.00. The van der Waals surface area contributed by atoms with Crippen molar-refractivity contribution in [2.45, 2.75) is 74.7 Å². The molecule has 4 atom stereocenters. The molecule has 0 aromatic rings. The third-order valence-electron chi connectivity index (χ3n) is 4.03. The van der Waals surface area contributed by atoms with Gasteiger partial charge in [0.15, 0.2) is 11.6 Å². The van der Waals surface area contributed by atoms with Gasteiger partial charge in [-0.25, -0.2) is 0 Å². The van der Waals surface area contributed by atoms with E-state index in [1.807, 2.05) is 51.2 Å². The third-order valence-corrected chi connectivity index (χ3v) is 7.09. The molecule has 0 amide bonds. The van der Waals surface area contributed by atoms with Gasteiger partial charge in [0, 0.05) is 0 Å². The van der Waals surface area contributed by atoms with Crippen LogP contribution in [0.25, 0.3) is 0 Å². The molecule has 0 aromatic heterocycles. The first-order chi connectivity index (χ1) is 10.3. The van der Waals surface area contributed by atoms with Gasteiger partial charge >= 0.3 is 0 Å². The number of rotatable bonds is 2. The van der Waals surface area contributed by atoms with Gasteiger partial charge in [-0.2, -0.15) is 0 Å². The first-order valence-corrected chi connectivity index (χ1v) is 9.96. The zero-order chi connectivity index (χ0) is 16.0. The van der Waals surface area contributed by atoms with E-state index in [-0.39, 0.29) is 16.8 Å². The highest BCUT2D eigenvalue weighted by Crippen LogP contribution is 2.42. The first-order valence-electron chi connectivity index (χ1n) is 7.86. The summed E-state index contributed by atoms with van der Waals surface area (Å²) in [5.41, 5.74) is 0. The van der Waals surface area contributed by atoms with Gasteiger partial charge in [0.2, 0.25) is 0 Å². The Labute approximate surface area is 140 Å². The molecule has 0 radical (unpaired) electrons. The van der Waals surface area contributed by atoms with Crippen molar-refractivity contribution < 1.29 is 24.1 Å². The molecule has 3 aliphatic rings. The van der Waals surface area contributed by atoms with Crippen LogP contribution in [0.1, 0.15) is 34.1 Å². The second kappa shape index (κ2) is 6.43. The molecule has 7 heteroatoms. The van der Waals surface area contributed by atoms with E-state index >= 15 is 0 Å². The fourth-order valence-corrected chi connectivity index (χ4v) is 6.14. The molecule has 0 saturated carbocycles. The van der Waals surface area contributed by atoms with E-state index in [1.165, 1.54) is 6.42 Å². The van der Waals surface area contributed by atoms with E-state index in [0.29, 0.717) is 6.61 Å². The number of thioether (sulfide) groups is 2. The average molecular weight is 351 g/mol. The molecule has 0 unspecified atom stereocenters. The Morgan fingerprint density at radius 2 is 1.55 bits per heavy atom. The Morgan fingerprint density at radius 3 is 2.14 bits per heavy atom. The number of aliphatic hydroxyl groups is 1. The van der Waals surface area contributed by atoms with Gasteiger partial charge in [0.1, 0.15) is 24.4 Å². The molecule has 1 N–H and O–H groups in total. The van der Waals surface area contributed by atoms with Crippen LogP contribution in [0.4, 0.5) is 0 Å². The molecular weight excluding hydrogens is 324 g/mol. The molecule has 22 heavy (non-hydrogen) atoms. The zero-order valence-corrected chi connectivity index (χ0v) is 15.2. The van der Waals surface area contributed by atoms with Crippen LogP contribution in [0.15, 0.2) is 0 Å². The molecule has 3 heterocycles. The van der Waals surface area contributed by atoms with Crippen molar-refractivity contribution in [1.82, 2.24) is 0 Å². The van der Waals surface area contributed by atoms with Gasteiger partial charge < -0.3 is 24.1 Å². The van der Waals surface area contributed by atoms with Crippen LogP contribution in [0.5, 0.6) is 0 Å².